The summed E-state index contributed by atoms with van der Waals surface area (Å²) >= 11 is 7.24. The van der Waals surface area contributed by atoms with Crippen LogP contribution in [0.3, 0.4) is 0 Å². The first kappa shape index (κ1) is 24.8. The van der Waals surface area contributed by atoms with Crippen LogP contribution in [0.1, 0.15) is 12.0 Å². The molecule has 0 bridgehead atoms. The maximum absolute atomic E-state index is 13.1. The van der Waals surface area contributed by atoms with E-state index in [2.05, 4.69) is 4.98 Å². The molecule has 0 fully saturated rings. The molecule has 174 valence electrons. The average molecular weight is 489 g/mol. The van der Waals surface area contributed by atoms with Crippen molar-refractivity contribution in [2.24, 2.45) is 5.73 Å². The number of nitrogens with zero attached hydrogens (tertiary/aromatic N) is 3. The van der Waals surface area contributed by atoms with Crippen LogP contribution in [0.15, 0.2) is 58.5 Å². The second kappa shape index (κ2) is 11.8. The number of carbonyl (C=O) groups excluding carboxylic acids is 2. The molecule has 10 heteroatoms. The highest BCUT2D eigenvalue weighted by atomic mass is 35.5. The molecule has 3 rings (SSSR count). The number of hydrogen-bond donors (Lipinski definition) is 1. The van der Waals surface area contributed by atoms with Crippen LogP contribution in [-0.2, 0) is 27.4 Å². The topological polar surface area (TPSA) is 108 Å². The van der Waals surface area contributed by atoms with Crippen molar-refractivity contribution >= 4 is 46.1 Å². The Labute approximate surface area is 200 Å². The maximum atomic E-state index is 13.1. The number of amides is 2. The molecule has 0 atom stereocenters. The van der Waals surface area contributed by atoms with Gasteiger partial charge in [0.05, 0.1) is 29.8 Å². The van der Waals surface area contributed by atoms with Crippen LogP contribution in [0, 0.1) is 0 Å². The average Bonchev–Trinajstić information content (AvgIpc) is 2.80. The molecular weight excluding hydrogens is 464 g/mol. The molecule has 2 N–H and O–H groups in total. The Morgan fingerprint density at radius 1 is 1.21 bits per heavy atom. The highest BCUT2D eigenvalue weighted by Crippen LogP contribution is 2.21. The summed E-state index contributed by atoms with van der Waals surface area (Å²) in [5.41, 5.74) is 6.48. The van der Waals surface area contributed by atoms with Gasteiger partial charge >= 0.3 is 0 Å². The first-order valence-corrected chi connectivity index (χ1v) is 11.7. The van der Waals surface area contributed by atoms with E-state index in [-0.39, 0.29) is 30.2 Å². The predicted molar refractivity (Wildman–Crippen MR) is 129 cm³/mol. The normalized spacial score (nSPS) is 11.0. The molecule has 8 nitrogen and oxygen atoms in total. The molecule has 0 aliphatic carbocycles. The Hall–Kier alpha value is -2.88. The van der Waals surface area contributed by atoms with Crippen LogP contribution in [-0.4, -0.2) is 52.3 Å². The lowest BCUT2D eigenvalue weighted by molar-refractivity contribution is -0.129. The minimum atomic E-state index is -0.477. The van der Waals surface area contributed by atoms with Gasteiger partial charge in [0.2, 0.25) is 11.8 Å². The summed E-state index contributed by atoms with van der Waals surface area (Å²) in [7, 11) is 1.55. The number of halogens is 1. The van der Waals surface area contributed by atoms with Crippen molar-refractivity contribution in [1.82, 2.24) is 14.5 Å². The van der Waals surface area contributed by atoms with E-state index in [4.69, 9.17) is 22.1 Å². The molecule has 0 saturated carbocycles. The number of aromatic nitrogens is 2. The third-order valence-corrected chi connectivity index (χ3v) is 6.12. The second-order valence-corrected chi connectivity index (χ2v) is 8.69. The third-order valence-electron chi connectivity index (χ3n) is 4.92. The van der Waals surface area contributed by atoms with E-state index < -0.39 is 5.91 Å². The number of thioether (sulfide) groups is 1. The van der Waals surface area contributed by atoms with E-state index in [0.29, 0.717) is 40.8 Å². The standard InChI is InChI=1S/C23H25ClN4O4S/c1-32-12-11-28-22(31)18-8-7-17(24)13-19(18)26-23(28)33-15-21(30)27(10-9-20(25)29)14-16-5-3-2-4-6-16/h2-8,13H,9-12,14-15H2,1H3,(H2,25,29). The predicted octanol–water partition coefficient (Wildman–Crippen LogP) is 2.69. The zero-order valence-corrected chi connectivity index (χ0v) is 19.8. The molecule has 0 aliphatic rings. The van der Waals surface area contributed by atoms with Crippen molar-refractivity contribution in [3.05, 3.63) is 69.5 Å². The smallest absolute Gasteiger partial charge is 0.262 e. The fourth-order valence-corrected chi connectivity index (χ4v) is 4.32. The molecule has 0 spiro atoms. The molecule has 33 heavy (non-hydrogen) atoms. The molecule has 0 radical (unpaired) electrons. The molecule has 1 aromatic heterocycles. The highest BCUT2D eigenvalue weighted by molar-refractivity contribution is 7.99. The van der Waals surface area contributed by atoms with Gasteiger partial charge in [-0.1, -0.05) is 53.7 Å². The summed E-state index contributed by atoms with van der Waals surface area (Å²) in [5.74, 6) is -0.629. The maximum Gasteiger partial charge on any atom is 0.262 e. The molecular formula is C23H25ClN4O4S. The van der Waals surface area contributed by atoms with Crippen LogP contribution < -0.4 is 11.3 Å². The van der Waals surface area contributed by atoms with Gasteiger partial charge in [0.25, 0.3) is 5.56 Å². The number of fused-ring (bicyclic) bond motifs is 1. The van der Waals surface area contributed by atoms with Gasteiger partial charge in [-0.2, -0.15) is 0 Å². The Bertz CT molecular complexity index is 1190. The SMILES string of the molecule is COCCn1c(SCC(=O)N(CCC(N)=O)Cc2ccccc2)nc2cc(Cl)ccc2c1=O. The number of ether oxygens (including phenoxy) is 1. The summed E-state index contributed by atoms with van der Waals surface area (Å²) in [5, 5.41) is 1.31. The van der Waals surface area contributed by atoms with Crippen molar-refractivity contribution in [3.63, 3.8) is 0 Å². The van der Waals surface area contributed by atoms with Crippen LogP contribution >= 0.6 is 23.4 Å². The van der Waals surface area contributed by atoms with Crippen molar-refractivity contribution < 1.29 is 14.3 Å². The van der Waals surface area contributed by atoms with Crippen molar-refractivity contribution in [1.29, 1.82) is 0 Å². The number of nitrogens with two attached hydrogens (primary N) is 1. The lowest BCUT2D eigenvalue weighted by Crippen LogP contribution is -2.35. The summed E-state index contributed by atoms with van der Waals surface area (Å²) in [4.78, 5) is 43.5. The lowest BCUT2D eigenvalue weighted by Gasteiger charge is -2.22. The zero-order valence-electron chi connectivity index (χ0n) is 18.2. The quantitative estimate of drug-likeness (QED) is 0.328. The fraction of sp³-hybridized carbons (Fsp3) is 0.304. The minimum absolute atomic E-state index is 0.0388. The van der Waals surface area contributed by atoms with E-state index in [1.165, 1.54) is 4.57 Å². The molecule has 0 aliphatic heterocycles. The van der Waals surface area contributed by atoms with Crippen LogP contribution in [0.25, 0.3) is 10.9 Å². The third kappa shape index (κ3) is 6.80. The van der Waals surface area contributed by atoms with Gasteiger partial charge in [-0.05, 0) is 23.8 Å². The van der Waals surface area contributed by atoms with Crippen molar-refractivity contribution in [2.75, 3.05) is 26.0 Å². The number of rotatable bonds is 11. The van der Waals surface area contributed by atoms with Crippen LogP contribution in [0.4, 0.5) is 0 Å². The number of methoxy groups -OCH3 is 1. The first-order chi connectivity index (χ1) is 15.9. The summed E-state index contributed by atoms with van der Waals surface area (Å²) in [6, 6.07) is 14.4. The van der Waals surface area contributed by atoms with E-state index in [0.717, 1.165) is 17.3 Å². The van der Waals surface area contributed by atoms with Gasteiger partial charge < -0.3 is 15.4 Å². The Kier molecular flexibility index (Phi) is 8.87. The zero-order chi connectivity index (χ0) is 23.8. The van der Waals surface area contributed by atoms with E-state index in [1.54, 1.807) is 30.2 Å². The van der Waals surface area contributed by atoms with E-state index >= 15 is 0 Å². The number of carbonyl (C=O) groups is 2. The van der Waals surface area contributed by atoms with Gasteiger partial charge in [-0.15, -0.1) is 0 Å². The fourth-order valence-electron chi connectivity index (χ4n) is 3.22. The minimum Gasteiger partial charge on any atom is -0.383 e. The highest BCUT2D eigenvalue weighted by Gasteiger charge is 2.18. The molecule has 0 unspecified atom stereocenters. The first-order valence-electron chi connectivity index (χ1n) is 10.3. The molecule has 3 aromatic rings. The van der Waals surface area contributed by atoms with E-state index in [1.807, 2.05) is 30.3 Å². The second-order valence-electron chi connectivity index (χ2n) is 7.31. The van der Waals surface area contributed by atoms with Crippen LogP contribution in [0.2, 0.25) is 5.02 Å². The molecule has 2 amide bonds. The number of hydrogen-bond acceptors (Lipinski definition) is 6. The number of benzene rings is 2. The lowest BCUT2D eigenvalue weighted by atomic mass is 10.2. The summed E-state index contributed by atoms with van der Waals surface area (Å²) in [6.45, 7) is 1.18. The van der Waals surface area contributed by atoms with Crippen molar-refractivity contribution in [2.45, 2.75) is 24.7 Å². The number of primary amides is 1. The largest absolute Gasteiger partial charge is 0.383 e. The molecule has 1 heterocycles. The molecule has 0 saturated heterocycles. The van der Waals surface area contributed by atoms with Gasteiger partial charge in [-0.3, -0.25) is 19.0 Å². The van der Waals surface area contributed by atoms with Crippen molar-refractivity contribution in [3.8, 4) is 0 Å². The Morgan fingerprint density at radius 2 is 1.97 bits per heavy atom. The van der Waals surface area contributed by atoms with Gasteiger partial charge in [0.15, 0.2) is 5.16 Å². The van der Waals surface area contributed by atoms with E-state index in [9.17, 15) is 14.4 Å². The van der Waals surface area contributed by atoms with Crippen LogP contribution in [0.5, 0.6) is 0 Å². The van der Waals surface area contributed by atoms with Gasteiger partial charge in [0, 0.05) is 31.6 Å². The monoisotopic (exact) mass is 488 g/mol. The van der Waals surface area contributed by atoms with Gasteiger partial charge in [-0.25, -0.2) is 4.98 Å². The van der Waals surface area contributed by atoms with Gasteiger partial charge in [0.1, 0.15) is 0 Å². The Balaban J connectivity index is 1.84. The summed E-state index contributed by atoms with van der Waals surface area (Å²) < 4.78 is 6.64. The Morgan fingerprint density at radius 3 is 2.67 bits per heavy atom. The summed E-state index contributed by atoms with van der Waals surface area (Å²) in [6.07, 6.45) is 0.0640. The molecule has 2 aromatic carbocycles.